The molecular weight excluding hydrogens is 218 g/mol. The average molecular weight is 237 g/mol. The monoisotopic (exact) mass is 237 g/mol. The highest BCUT2D eigenvalue weighted by Gasteiger charge is 2.07. The van der Waals surface area contributed by atoms with Crippen molar-refractivity contribution in [2.24, 2.45) is 0 Å². The predicted molar refractivity (Wildman–Crippen MR) is 66.0 cm³/mol. The first-order valence-corrected chi connectivity index (χ1v) is 5.65. The van der Waals surface area contributed by atoms with Crippen molar-refractivity contribution in [2.75, 3.05) is 20.3 Å². The van der Waals surface area contributed by atoms with Gasteiger partial charge in [0.15, 0.2) is 0 Å². The Balaban J connectivity index is 2.35. The lowest BCUT2D eigenvalue weighted by atomic mass is 10.1. The van der Waals surface area contributed by atoms with Gasteiger partial charge in [0.25, 0.3) is 5.91 Å². The molecule has 0 aromatic heterocycles. The fraction of sp³-hybridized carbons (Fsp3) is 0.462. The van der Waals surface area contributed by atoms with Crippen molar-refractivity contribution < 1.29 is 14.6 Å². The number of aliphatic hydroxyl groups is 1. The predicted octanol–water partition coefficient (Wildman–Crippen LogP) is 1.12. The first kappa shape index (κ1) is 13.7. The second-order valence-electron chi connectivity index (χ2n) is 4.02. The fourth-order valence-electron chi connectivity index (χ4n) is 1.52. The van der Waals surface area contributed by atoms with Crippen LogP contribution in [0.25, 0.3) is 0 Å². The summed E-state index contributed by atoms with van der Waals surface area (Å²) in [5, 5.41) is 12.2. The van der Waals surface area contributed by atoms with Crippen molar-refractivity contribution >= 4 is 5.91 Å². The van der Waals surface area contributed by atoms with Gasteiger partial charge in [0.2, 0.25) is 0 Å². The van der Waals surface area contributed by atoms with Crippen LogP contribution in [0.15, 0.2) is 24.3 Å². The Bertz CT molecular complexity index is 365. The molecular formula is C13H19NO3. The van der Waals surface area contributed by atoms with E-state index in [1.165, 1.54) is 7.11 Å². The van der Waals surface area contributed by atoms with Crippen molar-refractivity contribution in [1.29, 1.82) is 0 Å². The number of amides is 1. The molecule has 94 valence electrons. The zero-order valence-corrected chi connectivity index (χ0v) is 10.3. The minimum absolute atomic E-state index is 0.113. The maximum absolute atomic E-state index is 11.7. The fourth-order valence-corrected chi connectivity index (χ4v) is 1.52. The maximum Gasteiger partial charge on any atom is 0.251 e. The summed E-state index contributed by atoms with van der Waals surface area (Å²) < 4.78 is 4.80. The third kappa shape index (κ3) is 4.97. The number of rotatable bonds is 6. The first-order chi connectivity index (χ1) is 8.13. The van der Waals surface area contributed by atoms with Crippen molar-refractivity contribution in [2.45, 2.75) is 19.4 Å². The Hall–Kier alpha value is -1.39. The minimum atomic E-state index is -0.530. The lowest BCUT2D eigenvalue weighted by Crippen LogP contribution is -2.28. The van der Waals surface area contributed by atoms with Gasteiger partial charge in [-0.1, -0.05) is 17.7 Å². The Labute approximate surface area is 102 Å². The van der Waals surface area contributed by atoms with Crippen molar-refractivity contribution in [3.63, 3.8) is 0 Å². The normalized spacial score (nSPS) is 12.2. The third-order valence-corrected chi connectivity index (χ3v) is 2.40. The molecule has 1 atom stereocenters. The minimum Gasteiger partial charge on any atom is -0.391 e. The van der Waals surface area contributed by atoms with Gasteiger partial charge in [-0.25, -0.2) is 0 Å². The number of hydrogen-bond donors (Lipinski definition) is 2. The van der Waals surface area contributed by atoms with Gasteiger partial charge in [0, 0.05) is 19.2 Å². The van der Waals surface area contributed by atoms with Gasteiger partial charge in [-0.05, 0) is 25.5 Å². The Morgan fingerprint density at radius 3 is 2.94 bits per heavy atom. The van der Waals surface area contributed by atoms with Gasteiger partial charge in [0.1, 0.15) is 0 Å². The molecule has 0 radical (unpaired) electrons. The summed E-state index contributed by atoms with van der Waals surface area (Å²) >= 11 is 0. The van der Waals surface area contributed by atoms with E-state index in [1.54, 1.807) is 6.07 Å². The zero-order chi connectivity index (χ0) is 12.7. The SMILES string of the molecule is COCC(O)CCNC(=O)c1cccc(C)c1. The summed E-state index contributed by atoms with van der Waals surface area (Å²) in [4.78, 5) is 11.7. The third-order valence-electron chi connectivity index (χ3n) is 2.40. The number of aliphatic hydroxyl groups excluding tert-OH is 1. The Morgan fingerprint density at radius 1 is 1.53 bits per heavy atom. The number of nitrogens with one attached hydrogen (secondary N) is 1. The van der Waals surface area contributed by atoms with Crippen molar-refractivity contribution in [1.82, 2.24) is 5.32 Å². The Morgan fingerprint density at radius 2 is 2.29 bits per heavy atom. The average Bonchev–Trinajstić information content (AvgIpc) is 2.29. The molecule has 1 aromatic rings. The number of hydrogen-bond acceptors (Lipinski definition) is 3. The van der Waals surface area contributed by atoms with Gasteiger partial charge in [0.05, 0.1) is 12.7 Å². The largest absolute Gasteiger partial charge is 0.391 e. The summed E-state index contributed by atoms with van der Waals surface area (Å²) in [6.45, 7) is 2.68. The van der Waals surface area contributed by atoms with E-state index in [4.69, 9.17) is 4.74 Å². The van der Waals surface area contributed by atoms with Crippen LogP contribution in [0.1, 0.15) is 22.3 Å². The Kier molecular flexibility index (Phi) is 5.66. The summed E-state index contributed by atoms with van der Waals surface area (Å²) in [7, 11) is 1.54. The molecule has 1 amide bonds. The highest BCUT2D eigenvalue weighted by molar-refractivity contribution is 5.94. The van der Waals surface area contributed by atoms with Gasteiger partial charge in [-0.15, -0.1) is 0 Å². The standard InChI is InChI=1S/C13H19NO3/c1-10-4-3-5-11(8-10)13(16)14-7-6-12(15)9-17-2/h3-5,8,12,15H,6-7,9H2,1-2H3,(H,14,16). The summed E-state index contributed by atoms with van der Waals surface area (Å²) in [6, 6.07) is 7.40. The molecule has 0 aliphatic rings. The molecule has 0 aliphatic carbocycles. The molecule has 0 bridgehead atoms. The summed E-state index contributed by atoms with van der Waals surface area (Å²) in [5.74, 6) is -0.113. The van der Waals surface area contributed by atoms with Crippen LogP contribution in [0, 0.1) is 6.92 Å². The number of benzene rings is 1. The summed E-state index contributed by atoms with van der Waals surface area (Å²) in [6.07, 6.45) is -0.0383. The molecule has 1 aromatic carbocycles. The van der Waals surface area contributed by atoms with Gasteiger partial charge in [-0.3, -0.25) is 4.79 Å². The first-order valence-electron chi connectivity index (χ1n) is 5.65. The zero-order valence-electron chi connectivity index (χ0n) is 10.3. The van der Waals surface area contributed by atoms with Crippen LogP contribution in [0.2, 0.25) is 0 Å². The van der Waals surface area contributed by atoms with E-state index in [-0.39, 0.29) is 5.91 Å². The van der Waals surface area contributed by atoms with E-state index in [0.717, 1.165) is 5.56 Å². The van der Waals surface area contributed by atoms with Gasteiger partial charge < -0.3 is 15.2 Å². The van der Waals surface area contributed by atoms with E-state index in [2.05, 4.69) is 5.32 Å². The van der Waals surface area contributed by atoms with E-state index in [9.17, 15) is 9.90 Å². The number of methoxy groups -OCH3 is 1. The number of carbonyl (C=O) groups is 1. The smallest absolute Gasteiger partial charge is 0.251 e. The van der Waals surface area contributed by atoms with Gasteiger partial charge in [-0.2, -0.15) is 0 Å². The second-order valence-corrected chi connectivity index (χ2v) is 4.02. The van der Waals surface area contributed by atoms with Crippen LogP contribution < -0.4 is 5.32 Å². The van der Waals surface area contributed by atoms with Gasteiger partial charge >= 0.3 is 0 Å². The lowest BCUT2D eigenvalue weighted by Gasteiger charge is -2.10. The van der Waals surface area contributed by atoms with Crippen LogP contribution in [-0.2, 0) is 4.74 Å². The van der Waals surface area contributed by atoms with Crippen molar-refractivity contribution in [3.05, 3.63) is 35.4 Å². The number of aryl methyl sites for hydroxylation is 1. The van der Waals surface area contributed by atoms with E-state index >= 15 is 0 Å². The van der Waals surface area contributed by atoms with E-state index in [1.807, 2.05) is 25.1 Å². The maximum atomic E-state index is 11.7. The molecule has 4 nitrogen and oxygen atoms in total. The molecule has 0 saturated heterocycles. The molecule has 0 aliphatic heterocycles. The van der Waals surface area contributed by atoms with Crippen LogP contribution in [0.3, 0.4) is 0 Å². The quantitative estimate of drug-likeness (QED) is 0.779. The summed E-state index contributed by atoms with van der Waals surface area (Å²) in [5.41, 5.74) is 1.70. The topological polar surface area (TPSA) is 58.6 Å². The second kappa shape index (κ2) is 7.04. The number of carbonyl (C=O) groups excluding carboxylic acids is 1. The highest BCUT2D eigenvalue weighted by Crippen LogP contribution is 2.03. The van der Waals surface area contributed by atoms with Crippen LogP contribution >= 0.6 is 0 Å². The van der Waals surface area contributed by atoms with E-state index in [0.29, 0.717) is 25.1 Å². The molecule has 0 heterocycles. The molecule has 17 heavy (non-hydrogen) atoms. The number of ether oxygens (including phenoxy) is 1. The van der Waals surface area contributed by atoms with Crippen LogP contribution in [-0.4, -0.2) is 37.4 Å². The molecule has 0 fully saturated rings. The molecule has 0 saturated carbocycles. The van der Waals surface area contributed by atoms with E-state index < -0.39 is 6.10 Å². The lowest BCUT2D eigenvalue weighted by molar-refractivity contribution is 0.0587. The van der Waals surface area contributed by atoms with Crippen LogP contribution in [0.5, 0.6) is 0 Å². The molecule has 0 spiro atoms. The molecule has 1 unspecified atom stereocenters. The van der Waals surface area contributed by atoms with Crippen LogP contribution in [0.4, 0.5) is 0 Å². The molecule has 1 rings (SSSR count). The highest BCUT2D eigenvalue weighted by atomic mass is 16.5. The van der Waals surface area contributed by atoms with Crippen molar-refractivity contribution in [3.8, 4) is 0 Å². The molecule has 4 heteroatoms. The molecule has 2 N–H and O–H groups in total.